The van der Waals surface area contributed by atoms with E-state index in [0.717, 1.165) is 0 Å². The number of carbonyl (C=O) groups is 1. The van der Waals surface area contributed by atoms with Gasteiger partial charge in [-0.05, 0) is 12.3 Å². The van der Waals surface area contributed by atoms with Gasteiger partial charge < -0.3 is 15.2 Å². The summed E-state index contributed by atoms with van der Waals surface area (Å²) in [4.78, 5) is 10.9. The minimum Gasteiger partial charge on any atom is -0.468 e. The zero-order chi connectivity index (χ0) is 9.56. The van der Waals surface area contributed by atoms with Gasteiger partial charge in [0.1, 0.15) is 6.04 Å². The summed E-state index contributed by atoms with van der Waals surface area (Å²) < 4.78 is 9.40. The van der Waals surface area contributed by atoms with Gasteiger partial charge in [0.25, 0.3) is 0 Å². The summed E-state index contributed by atoms with van der Waals surface area (Å²) in [5.41, 5.74) is 5.53. The van der Waals surface area contributed by atoms with E-state index in [1.54, 1.807) is 7.11 Å². The van der Waals surface area contributed by atoms with Crippen molar-refractivity contribution in [2.24, 2.45) is 11.7 Å². The molecule has 0 saturated heterocycles. The van der Waals surface area contributed by atoms with Crippen LogP contribution < -0.4 is 5.73 Å². The van der Waals surface area contributed by atoms with Crippen LogP contribution in [0.4, 0.5) is 0 Å². The molecule has 72 valence electrons. The molecule has 0 heterocycles. The van der Waals surface area contributed by atoms with Gasteiger partial charge in [-0.3, -0.25) is 4.79 Å². The second-order valence-electron chi connectivity index (χ2n) is 2.93. The van der Waals surface area contributed by atoms with Crippen molar-refractivity contribution < 1.29 is 14.3 Å². The summed E-state index contributed by atoms with van der Waals surface area (Å²) in [5.74, 6) is -0.0814. The molecule has 0 aromatic heterocycles. The molecule has 0 aliphatic heterocycles. The zero-order valence-corrected chi connectivity index (χ0v) is 7.87. The van der Waals surface area contributed by atoms with E-state index in [-0.39, 0.29) is 11.9 Å². The lowest BCUT2D eigenvalue weighted by molar-refractivity contribution is -0.142. The van der Waals surface area contributed by atoms with Crippen LogP contribution in [0.15, 0.2) is 0 Å². The molecule has 0 aliphatic carbocycles. The van der Waals surface area contributed by atoms with Gasteiger partial charge in [-0.1, -0.05) is 6.92 Å². The number of hydrogen-bond acceptors (Lipinski definition) is 4. The van der Waals surface area contributed by atoms with Gasteiger partial charge in [-0.25, -0.2) is 0 Å². The molecule has 12 heavy (non-hydrogen) atoms. The van der Waals surface area contributed by atoms with Crippen molar-refractivity contribution in [2.45, 2.75) is 19.4 Å². The summed E-state index contributed by atoms with van der Waals surface area (Å²) in [6.45, 7) is 2.59. The first-order valence-corrected chi connectivity index (χ1v) is 3.94. The van der Waals surface area contributed by atoms with Gasteiger partial charge in [0, 0.05) is 13.7 Å². The largest absolute Gasteiger partial charge is 0.468 e. The highest BCUT2D eigenvalue weighted by atomic mass is 16.5. The summed E-state index contributed by atoms with van der Waals surface area (Å²) in [6.07, 6.45) is 0.598. The molecule has 4 nitrogen and oxygen atoms in total. The average molecular weight is 175 g/mol. The van der Waals surface area contributed by atoms with Crippen LogP contribution in [-0.2, 0) is 14.3 Å². The lowest BCUT2D eigenvalue weighted by Gasteiger charge is -2.14. The number of hydrogen-bond donors (Lipinski definition) is 1. The third-order valence-corrected chi connectivity index (χ3v) is 1.61. The maximum Gasteiger partial charge on any atom is 0.322 e. The fraction of sp³-hybridized carbons (Fsp3) is 0.875. The van der Waals surface area contributed by atoms with E-state index < -0.39 is 6.04 Å². The fourth-order valence-corrected chi connectivity index (χ4v) is 1.03. The van der Waals surface area contributed by atoms with E-state index in [1.807, 2.05) is 6.92 Å². The summed E-state index contributed by atoms with van der Waals surface area (Å²) in [6, 6.07) is -0.528. The molecule has 2 N–H and O–H groups in total. The molecule has 0 spiro atoms. The van der Waals surface area contributed by atoms with Crippen molar-refractivity contribution in [2.75, 3.05) is 20.8 Å². The van der Waals surface area contributed by atoms with Crippen LogP contribution in [0.25, 0.3) is 0 Å². The number of carbonyl (C=O) groups excluding carboxylic acids is 1. The Balaban J connectivity index is 3.67. The van der Waals surface area contributed by atoms with Crippen LogP contribution in [-0.4, -0.2) is 32.8 Å². The van der Waals surface area contributed by atoms with E-state index >= 15 is 0 Å². The number of nitrogens with two attached hydrogens (primary N) is 1. The standard InChI is InChI=1S/C8H17NO3/c1-6(5-11-2)4-7(9)8(10)12-3/h6-7H,4-5,9H2,1-3H3. The maximum atomic E-state index is 10.9. The topological polar surface area (TPSA) is 61.5 Å². The Bertz CT molecular complexity index is 138. The molecule has 2 unspecified atom stereocenters. The van der Waals surface area contributed by atoms with Crippen LogP contribution >= 0.6 is 0 Å². The van der Waals surface area contributed by atoms with Crippen molar-refractivity contribution in [1.29, 1.82) is 0 Å². The lowest BCUT2D eigenvalue weighted by atomic mass is 10.0. The third-order valence-electron chi connectivity index (χ3n) is 1.61. The SMILES string of the molecule is COCC(C)CC(N)C(=O)OC. The molecule has 2 atom stereocenters. The van der Waals surface area contributed by atoms with E-state index in [0.29, 0.717) is 13.0 Å². The predicted molar refractivity (Wildman–Crippen MR) is 45.6 cm³/mol. The second-order valence-corrected chi connectivity index (χ2v) is 2.93. The van der Waals surface area contributed by atoms with E-state index in [2.05, 4.69) is 4.74 Å². The molecular formula is C8H17NO3. The third kappa shape index (κ3) is 4.31. The molecule has 0 aliphatic rings. The molecule has 0 fully saturated rings. The van der Waals surface area contributed by atoms with E-state index in [9.17, 15) is 4.79 Å². The van der Waals surface area contributed by atoms with Crippen molar-refractivity contribution in [3.63, 3.8) is 0 Å². The predicted octanol–water partition coefficient (Wildman–Crippen LogP) is 0.159. The van der Waals surface area contributed by atoms with Crippen molar-refractivity contribution in [3.05, 3.63) is 0 Å². The monoisotopic (exact) mass is 175 g/mol. The Morgan fingerprint density at radius 2 is 2.08 bits per heavy atom. The van der Waals surface area contributed by atoms with Crippen LogP contribution in [0, 0.1) is 5.92 Å². The Hall–Kier alpha value is -0.610. The van der Waals surface area contributed by atoms with E-state index in [1.165, 1.54) is 7.11 Å². The quantitative estimate of drug-likeness (QED) is 0.604. The first-order valence-electron chi connectivity index (χ1n) is 3.94. The minimum absolute atomic E-state index is 0.282. The number of methoxy groups -OCH3 is 2. The fourth-order valence-electron chi connectivity index (χ4n) is 1.03. The summed E-state index contributed by atoms with van der Waals surface area (Å²) >= 11 is 0. The molecule has 0 aromatic rings. The molecular weight excluding hydrogens is 158 g/mol. The van der Waals surface area contributed by atoms with Gasteiger partial charge >= 0.3 is 5.97 Å². The van der Waals surface area contributed by atoms with Gasteiger partial charge in [-0.2, -0.15) is 0 Å². The molecule has 0 radical (unpaired) electrons. The molecule has 4 heteroatoms. The molecule has 0 bridgehead atoms. The lowest BCUT2D eigenvalue weighted by Crippen LogP contribution is -2.33. The highest BCUT2D eigenvalue weighted by molar-refractivity contribution is 5.75. The molecule has 0 amide bonds. The van der Waals surface area contributed by atoms with Crippen molar-refractivity contribution in [1.82, 2.24) is 0 Å². The first kappa shape index (κ1) is 11.4. The average Bonchev–Trinajstić information content (AvgIpc) is 2.03. The molecule has 0 aromatic carbocycles. The highest BCUT2D eigenvalue weighted by Crippen LogP contribution is 2.05. The first-order chi connectivity index (χ1) is 5.61. The van der Waals surface area contributed by atoms with Gasteiger partial charge in [0.2, 0.25) is 0 Å². The van der Waals surface area contributed by atoms with Gasteiger partial charge in [-0.15, -0.1) is 0 Å². The summed E-state index contributed by atoms with van der Waals surface area (Å²) in [5, 5.41) is 0. The Morgan fingerprint density at radius 1 is 1.50 bits per heavy atom. The number of ether oxygens (including phenoxy) is 2. The summed E-state index contributed by atoms with van der Waals surface area (Å²) in [7, 11) is 2.96. The number of rotatable bonds is 5. The van der Waals surface area contributed by atoms with E-state index in [4.69, 9.17) is 10.5 Å². The van der Waals surface area contributed by atoms with Crippen LogP contribution in [0.5, 0.6) is 0 Å². The second kappa shape index (κ2) is 5.97. The van der Waals surface area contributed by atoms with Crippen LogP contribution in [0.1, 0.15) is 13.3 Å². The molecule has 0 saturated carbocycles. The maximum absolute atomic E-state index is 10.9. The Labute approximate surface area is 73.0 Å². The normalized spacial score (nSPS) is 15.3. The highest BCUT2D eigenvalue weighted by Gasteiger charge is 2.16. The zero-order valence-electron chi connectivity index (χ0n) is 7.87. The Kier molecular flexibility index (Phi) is 5.66. The number of esters is 1. The van der Waals surface area contributed by atoms with Crippen molar-refractivity contribution in [3.8, 4) is 0 Å². The molecule has 0 rings (SSSR count). The Morgan fingerprint density at radius 3 is 2.50 bits per heavy atom. The van der Waals surface area contributed by atoms with Gasteiger partial charge in [0.15, 0.2) is 0 Å². The minimum atomic E-state index is -0.528. The van der Waals surface area contributed by atoms with Crippen molar-refractivity contribution >= 4 is 5.97 Å². The smallest absolute Gasteiger partial charge is 0.322 e. The van der Waals surface area contributed by atoms with Crippen LogP contribution in [0.3, 0.4) is 0 Å². The van der Waals surface area contributed by atoms with Gasteiger partial charge in [0.05, 0.1) is 7.11 Å². The van der Waals surface area contributed by atoms with Crippen LogP contribution in [0.2, 0.25) is 0 Å².